The van der Waals surface area contributed by atoms with Gasteiger partial charge in [0.25, 0.3) is 0 Å². The van der Waals surface area contributed by atoms with Gasteiger partial charge in [-0.25, -0.2) is 0 Å². The molecule has 2 heteroatoms. The fraction of sp³-hybridized carbons (Fsp3) is 0.524. The van der Waals surface area contributed by atoms with Gasteiger partial charge in [0.15, 0.2) is 0 Å². The van der Waals surface area contributed by atoms with Crippen molar-refractivity contribution in [2.45, 2.75) is 60.7 Å². The summed E-state index contributed by atoms with van der Waals surface area (Å²) < 4.78 is 0. The summed E-state index contributed by atoms with van der Waals surface area (Å²) in [7, 11) is 1.75. The molecule has 0 spiro atoms. The van der Waals surface area contributed by atoms with Crippen molar-refractivity contribution in [3.05, 3.63) is 57.4 Å². The maximum absolute atomic E-state index is 2.52. The van der Waals surface area contributed by atoms with Crippen LogP contribution in [0.4, 0.5) is 0 Å². The summed E-state index contributed by atoms with van der Waals surface area (Å²) in [6.45, 7) is 18.5. The summed E-state index contributed by atoms with van der Waals surface area (Å²) in [5, 5.41) is 1.57. The fourth-order valence-corrected chi connectivity index (χ4v) is 4.92. The van der Waals surface area contributed by atoms with E-state index in [-0.39, 0.29) is 5.41 Å². The lowest BCUT2D eigenvalue weighted by Crippen LogP contribution is -2.30. The van der Waals surface area contributed by atoms with Crippen molar-refractivity contribution in [2.24, 2.45) is 5.41 Å². The van der Waals surface area contributed by atoms with Crippen LogP contribution >= 0.6 is 0 Å². The molecule has 0 aromatic heterocycles. The first-order valence-electron chi connectivity index (χ1n) is 8.57. The SMILES string of the molecule is Cc1cc(C)c(C)c(C2C=C(C(C)(C)C)C([Si](C)C)=CN2C)c1. The lowest BCUT2D eigenvalue weighted by atomic mass is 9.82. The van der Waals surface area contributed by atoms with Crippen molar-refractivity contribution in [3.63, 3.8) is 0 Å². The van der Waals surface area contributed by atoms with Crippen LogP contribution in [0.25, 0.3) is 0 Å². The van der Waals surface area contributed by atoms with Gasteiger partial charge in [0, 0.05) is 7.05 Å². The van der Waals surface area contributed by atoms with Gasteiger partial charge >= 0.3 is 0 Å². The number of rotatable bonds is 2. The maximum Gasteiger partial charge on any atom is 0.0815 e. The molecule has 0 N–H and O–H groups in total. The molecule has 23 heavy (non-hydrogen) atoms. The van der Waals surface area contributed by atoms with Crippen LogP contribution in [0.3, 0.4) is 0 Å². The van der Waals surface area contributed by atoms with Gasteiger partial charge in [-0.05, 0) is 59.8 Å². The van der Waals surface area contributed by atoms with Crippen molar-refractivity contribution in [2.75, 3.05) is 7.05 Å². The van der Waals surface area contributed by atoms with Crippen molar-refractivity contribution in [3.8, 4) is 0 Å². The molecule has 1 aromatic carbocycles. The Kier molecular flexibility index (Phi) is 4.96. The molecule has 1 heterocycles. The van der Waals surface area contributed by atoms with Crippen LogP contribution < -0.4 is 0 Å². The monoisotopic (exact) mass is 326 g/mol. The smallest absolute Gasteiger partial charge is 0.0815 e. The van der Waals surface area contributed by atoms with E-state index in [1.165, 1.54) is 27.8 Å². The highest BCUT2D eigenvalue weighted by Crippen LogP contribution is 2.40. The Morgan fingerprint density at radius 2 is 1.65 bits per heavy atom. The Morgan fingerprint density at radius 1 is 1.04 bits per heavy atom. The first kappa shape index (κ1) is 18.1. The molecule has 1 atom stereocenters. The van der Waals surface area contributed by atoms with Gasteiger partial charge in [0.05, 0.1) is 14.8 Å². The van der Waals surface area contributed by atoms with Crippen molar-refractivity contribution in [1.29, 1.82) is 0 Å². The van der Waals surface area contributed by atoms with E-state index in [1.807, 2.05) is 0 Å². The molecule has 1 aliphatic heterocycles. The third-order valence-corrected chi connectivity index (χ3v) is 6.38. The average Bonchev–Trinajstić information content (AvgIpc) is 2.41. The molecular weight excluding hydrogens is 294 g/mol. The predicted molar refractivity (Wildman–Crippen MR) is 104 cm³/mol. The third-order valence-electron chi connectivity index (χ3n) is 4.90. The lowest BCUT2D eigenvalue weighted by Gasteiger charge is -2.38. The summed E-state index contributed by atoms with van der Waals surface area (Å²) in [4.78, 5) is 2.41. The van der Waals surface area contributed by atoms with E-state index < -0.39 is 8.80 Å². The number of benzene rings is 1. The molecule has 0 amide bonds. The summed E-state index contributed by atoms with van der Waals surface area (Å²) in [6, 6.07) is 4.99. The standard InChI is InChI=1S/C21H32NSi/c1-14-10-15(2)16(3)17(11-14)19-12-18(21(4,5)6)20(23(8)9)13-22(19)7/h10-13,19H,1-9H3. The Morgan fingerprint density at radius 3 is 2.17 bits per heavy atom. The van der Waals surface area contributed by atoms with Crippen LogP contribution in [-0.2, 0) is 0 Å². The van der Waals surface area contributed by atoms with E-state index in [2.05, 4.69) is 91.0 Å². The van der Waals surface area contributed by atoms with Gasteiger partial charge in [0.2, 0.25) is 0 Å². The minimum Gasteiger partial charge on any atom is -0.370 e. The molecule has 2 rings (SSSR count). The molecule has 1 radical (unpaired) electrons. The minimum atomic E-state index is -0.478. The molecule has 0 fully saturated rings. The van der Waals surface area contributed by atoms with Gasteiger partial charge < -0.3 is 4.90 Å². The summed E-state index contributed by atoms with van der Waals surface area (Å²) in [5.41, 5.74) is 7.35. The zero-order valence-electron chi connectivity index (χ0n) is 16.3. The highest BCUT2D eigenvalue weighted by Gasteiger charge is 2.30. The lowest BCUT2D eigenvalue weighted by molar-refractivity contribution is 0.372. The minimum absolute atomic E-state index is 0.194. The number of hydrogen-bond acceptors (Lipinski definition) is 1. The van der Waals surface area contributed by atoms with Crippen molar-refractivity contribution in [1.82, 2.24) is 4.90 Å². The maximum atomic E-state index is 2.52. The van der Waals surface area contributed by atoms with E-state index in [4.69, 9.17) is 0 Å². The van der Waals surface area contributed by atoms with Crippen LogP contribution in [0.1, 0.15) is 49.1 Å². The first-order chi connectivity index (χ1) is 10.5. The van der Waals surface area contributed by atoms with Gasteiger partial charge in [0.1, 0.15) is 0 Å². The molecule has 125 valence electrons. The van der Waals surface area contributed by atoms with Crippen LogP contribution in [0.5, 0.6) is 0 Å². The quantitative estimate of drug-likeness (QED) is 0.626. The molecule has 0 saturated heterocycles. The number of allylic oxidation sites excluding steroid dienone is 2. The van der Waals surface area contributed by atoms with E-state index in [1.54, 1.807) is 5.20 Å². The van der Waals surface area contributed by atoms with Crippen molar-refractivity contribution >= 4 is 8.80 Å². The van der Waals surface area contributed by atoms with E-state index in [0.29, 0.717) is 6.04 Å². The van der Waals surface area contributed by atoms with Gasteiger partial charge in [-0.3, -0.25) is 0 Å². The number of hydrogen-bond donors (Lipinski definition) is 0. The predicted octanol–water partition coefficient (Wildman–Crippen LogP) is 5.75. The van der Waals surface area contributed by atoms with Crippen LogP contribution in [0.15, 0.2) is 35.2 Å². The summed E-state index contributed by atoms with van der Waals surface area (Å²) >= 11 is 0. The number of aryl methyl sites for hydroxylation is 2. The number of nitrogens with zero attached hydrogens (tertiary/aromatic N) is 1. The third kappa shape index (κ3) is 3.63. The Bertz CT molecular complexity index is 659. The van der Waals surface area contributed by atoms with Gasteiger partial charge in [-0.1, -0.05) is 57.6 Å². The Hall–Kier alpha value is -1.28. The first-order valence-corrected chi connectivity index (χ1v) is 11.1. The molecule has 1 aliphatic rings. The largest absolute Gasteiger partial charge is 0.370 e. The summed E-state index contributed by atoms with van der Waals surface area (Å²) in [6.07, 6.45) is 4.94. The zero-order chi connectivity index (χ0) is 17.5. The molecule has 0 bridgehead atoms. The van der Waals surface area contributed by atoms with Gasteiger partial charge in [-0.2, -0.15) is 0 Å². The van der Waals surface area contributed by atoms with Crippen LogP contribution in [0, 0.1) is 26.2 Å². The zero-order valence-corrected chi connectivity index (χ0v) is 17.3. The molecule has 0 saturated carbocycles. The Labute approximate surface area is 144 Å². The molecular formula is C21H32NSi. The Balaban J connectivity index is 2.60. The van der Waals surface area contributed by atoms with E-state index in [0.717, 1.165) is 0 Å². The molecule has 1 unspecified atom stereocenters. The second-order valence-corrected chi connectivity index (χ2v) is 10.8. The highest BCUT2D eigenvalue weighted by atomic mass is 28.3. The molecule has 1 nitrogen and oxygen atoms in total. The van der Waals surface area contributed by atoms with Crippen LogP contribution in [-0.4, -0.2) is 20.7 Å². The number of likely N-dealkylation sites (N-methyl/N-ethyl adjacent to an activating group) is 1. The summed E-state index contributed by atoms with van der Waals surface area (Å²) in [5.74, 6) is 0. The molecule has 0 aliphatic carbocycles. The van der Waals surface area contributed by atoms with Crippen molar-refractivity contribution < 1.29 is 0 Å². The average molecular weight is 327 g/mol. The normalized spacial score (nSPS) is 19.0. The molecule has 1 aromatic rings. The van der Waals surface area contributed by atoms with E-state index in [9.17, 15) is 0 Å². The van der Waals surface area contributed by atoms with Crippen LogP contribution in [0.2, 0.25) is 13.1 Å². The fourth-order valence-electron chi connectivity index (χ4n) is 3.46. The van der Waals surface area contributed by atoms with E-state index >= 15 is 0 Å². The second-order valence-electron chi connectivity index (χ2n) is 8.28. The van der Waals surface area contributed by atoms with Gasteiger partial charge in [-0.15, -0.1) is 0 Å². The second kappa shape index (κ2) is 6.31. The topological polar surface area (TPSA) is 3.24 Å². The highest BCUT2D eigenvalue weighted by molar-refractivity contribution is 6.65.